The first-order valence-corrected chi connectivity index (χ1v) is 6.19. The molecule has 1 N–H and O–H groups in total. The van der Waals surface area contributed by atoms with Crippen LogP contribution in [0.3, 0.4) is 0 Å². The van der Waals surface area contributed by atoms with E-state index in [2.05, 4.69) is 10.00 Å². The second kappa shape index (κ2) is 3.84. The summed E-state index contributed by atoms with van der Waals surface area (Å²) in [5, 5.41) is 13.9. The molecule has 5 nitrogen and oxygen atoms in total. The highest BCUT2D eigenvalue weighted by molar-refractivity contribution is 5.88. The SMILES string of the molecule is CN1Cc2nn(C3CCCC3)c(C(=O)O)c2C1. The Kier molecular flexibility index (Phi) is 2.43. The molecule has 3 rings (SSSR count). The third-order valence-corrected chi connectivity index (χ3v) is 3.81. The van der Waals surface area contributed by atoms with E-state index in [1.54, 1.807) is 4.68 Å². The van der Waals surface area contributed by atoms with Crippen molar-refractivity contribution < 1.29 is 9.90 Å². The number of aromatic nitrogens is 2. The second-order valence-corrected chi connectivity index (χ2v) is 5.13. The van der Waals surface area contributed by atoms with Crippen LogP contribution in [0, 0.1) is 0 Å². The highest BCUT2D eigenvalue weighted by Gasteiger charge is 2.32. The molecule has 2 aliphatic rings. The van der Waals surface area contributed by atoms with Crippen molar-refractivity contribution in [3.05, 3.63) is 17.0 Å². The van der Waals surface area contributed by atoms with Crippen LogP contribution in [0.1, 0.15) is 53.5 Å². The number of nitrogens with zero attached hydrogens (tertiary/aromatic N) is 3. The standard InChI is InChI=1S/C12H17N3O2/c1-14-6-9-10(7-14)13-15(11(9)12(16)17)8-4-2-3-5-8/h8H,2-7H2,1H3,(H,16,17). The molecule has 1 fully saturated rings. The molecule has 0 amide bonds. The molecule has 0 bridgehead atoms. The third kappa shape index (κ3) is 1.65. The van der Waals surface area contributed by atoms with Crippen LogP contribution in [0.5, 0.6) is 0 Å². The highest BCUT2D eigenvalue weighted by Crippen LogP contribution is 2.33. The summed E-state index contributed by atoms with van der Waals surface area (Å²) >= 11 is 0. The summed E-state index contributed by atoms with van der Waals surface area (Å²) in [4.78, 5) is 13.5. The molecule has 0 aromatic carbocycles. The van der Waals surface area contributed by atoms with Crippen LogP contribution in [0.15, 0.2) is 0 Å². The van der Waals surface area contributed by atoms with Crippen LogP contribution >= 0.6 is 0 Å². The molecule has 0 radical (unpaired) electrons. The molecule has 92 valence electrons. The average Bonchev–Trinajstić information content (AvgIpc) is 2.88. The summed E-state index contributed by atoms with van der Waals surface area (Å²) in [6.07, 6.45) is 4.51. The van der Waals surface area contributed by atoms with Crippen molar-refractivity contribution in [3.63, 3.8) is 0 Å². The van der Waals surface area contributed by atoms with Crippen LogP contribution in [-0.4, -0.2) is 32.8 Å². The molecule has 0 atom stereocenters. The van der Waals surface area contributed by atoms with Crippen molar-refractivity contribution in [3.8, 4) is 0 Å². The van der Waals surface area contributed by atoms with Crippen LogP contribution in [0.2, 0.25) is 0 Å². The number of carboxylic acid groups (broad SMARTS) is 1. The zero-order chi connectivity index (χ0) is 12.0. The maximum atomic E-state index is 11.4. The van der Waals surface area contributed by atoms with Gasteiger partial charge in [-0.05, 0) is 19.9 Å². The maximum Gasteiger partial charge on any atom is 0.354 e. The Labute approximate surface area is 100 Å². The molecule has 1 aliphatic heterocycles. The summed E-state index contributed by atoms with van der Waals surface area (Å²) in [5.41, 5.74) is 2.31. The summed E-state index contributed by atoms with van der Waals surface area (Å²) in [5.74, 6) is -0.832. The van der Waals surface area contributed by atoms with Crippen LogP contribution in [0.4, 0.5) is 0 Å². The van der Waals surface area contributed by atoms with E-state index in [1.165, 1.54) is 12.8 Å². The van der Waals surface area contributed by atoms with Gasteiger partial charge in [0.1, 0.15) is 0 Å². The van der Waals surface area contributed by atoms with E-state index in [1.807, 2.05) is 7.05 Å². The minimum absolute atomic E-state index is 0.303. The van der Waals surface area contributed by atoms with E-state index in [9.17, 15) is 9.90 Å². The fourth-order valence-corrected chi connectivity index (χ4v) is 3.03. The lowest BCUT2D eigenvalue weighted by Gasteiger charge is -2.14. The lowest BCUT2D eigenvalue weighted by atomic mass is 10.2. The van der Waals surface area contributed by atoms with Gasteiger partial charge in [-0.25, -0.2) is 4.79 Å². The van der Waals surface area contributed by atoms with Gasteiger partial charge in [0.2, 0.25) is 0 Å². The Hall–Kier alpha value is -1.36. The first-order chi connectivity index (χ1) is 8.16. The van der Waals surface area contributed by atoms with Gasteiger partial charge >= 0.3 is 5.97 Å². The fraction of sp³-hybridized carbons (Fsp3) is 0.667. The summed E-state index contributed by atoms with van der Waals surface area (Å²) in [6.45, 7) is 1.49. The van der Waals surface area contributed by atoms with E-state index in [0.717, 1.165) is 30.6 Å². The number of rotatable bonds is 2. The monoisotopic (exact) mass is 235 g/mol. The van der Waals surface area contributed by atoms with Gasteiger partial charge < -0.3 is 5.11 Å². The number of carboxylic acids is 1. The molecule has 0 saturated heterocycles. The Bertz CT molecular complexity index is 461. The average molecular weight is 235 g/mol. The van der Waals surface area contributed by atoms with Crippen LogP contribution in [0.25, 0.3) is 0 Å². The van der Waals surface area contributed by atoms with Crippen LogP contribution in [-0.2, 0) is 13.1 Å². The first-order valence-electron chi connectivity index (χ1n) is 6.19. The summed E-state index contributed by atoms with van der Waals surface area (Å²) in [6, 6.07) is 0.303. The van der Waals surface area contributed by atoms with Gasteiger partial charge in [0.25, 0.3) is 0 Å². The fourth-order valence-electron chi connectivity index (χ4n) is 3.03. The van der Waals surface area contributed by atoms with Crippen molar-refractivity contribution in [2.75, 3.05) is 7.05 Å². The van der Waals surface area contributed by atoms with E-state index < -0.39 is 5.97 Å². The molecular weight excluding hydrogens is 218 g/mol. The van der Waals surface area contributed by atoms with Crippen LogP contribution < -0.4 is 0 Å². The minimum atomic E-state index is -0.832. The van der Waals surface area contributed by atoms with Crippen molar-refractivity contribution >= 4 is 5.97 Å². The second-order valence-electron chi connectivity index (χ2n) is 5.13. The topological polar surface area (TPSA) is 58.4 Å². The van der Waals surface area contributed by atoms with Gasteiger partial charge in [0, 0.05) is 18.7 Å². The van der Waals surface area contributed by atoms with E-state index in [4.69, 9.17) is 0 Å². The molecular formula is C12H17N3O2. The molecule has 2 heterocycles. The largest absolute Gasteiger partial charge is 0.477 e. The molecule has 0 spiro atoms. The zero-order valence-electron chi connectivity index (χ0n) is 10.0. The number of hydrogen-bond donors (Lipinski definition) is 1. The van der Waals surface area contributed by atoms with Crippen molar-refractivity contribution in [2.45, 2.75) is 44.8 Å². The van der Waals surface area contributed by atoms with E-state index in [-0.39, 0.29) is 0 Å². The molecule has 1 saturated carbocycles. The predicted octanol–water partition coefficient (Wildman–Crippen LogP) is 1.64. The third-order valence-electron chi connectivity index (χ3n) is 3.81. The van der Waals surface area contributed by atoms with Gasteiger partial charge in [-0.1, -0.05) is 12.8 Å². The normalized spacial score (nSPS) is 21.0. The van der Waals surface area contributed by atoms with E-state index >= 15 is 0 Å². The lowest BCUT2D eigenvalue weighted by molar-refractivity contribution is 0.0678. The van der Waals surface area contributed by atoms with Gasteiger partial charge in [0.05, 0.1) is 11.7 Å². The lowest BCUT2D eigenvalue weighted by Crippen LogP contribution is -2.18. The Morgan fingerprint density at radius 2 is 2.06 bits per heavy atom. The summed E-state index contributed by atoms with van der Waals surface area (Å²) < 4.78 is 1.78. The smallest absolute Gasteiger partial charge is 0.354 e. The number of fused-ring (bicyclic) bond motifs is 1. The molecule has 0 unspecified atom stereocenters. The Morgan fingerprint density at radius 1 is 1.35 bits per heavy atom. The van der Waals surface area contributed by atoms with Gasteiger partial charge in [0.15, 0.2) is 5.69 Å². The molecule has 1 aliphatic carbocycles. The number of aromatic carboxylic acids is 1. The minimum Gasteiger partial charge on any atom is -0.477 e. The molecule has 1 aromatic rings. The van der Waals surface area contributed by atoms with E-state index in [0.29, 0.717) is 18.3 Å². The van der Waals surface area contributed by atoms with Crippen molar-refractivity contribution in [1.82, 2.24) is 14.7 Å². The molecule has 1 aromatic heterocycles. The highest BCUT2D eigenvalue weighted by atomic mass is 16.4. The molecule has 17 heavy (non-hydrogen) atoms. The number of carbonyl (C=O) groups is 1. The molecule has 5 heteroatoms. The maximum absolute atomic E-state index is 11.4. The zero-order valence-corrected chi connectivity index (χ0v) is 10.0. The number of hydrogen-bond acceptors (Lipinski definition) is 3. The van der Waals surface area contributed by atoms with Crippen molar-refractivity contribution in [1.29, 1.82) is 0 Å². The Balaban J connectivity index is 2.04. The predicted molar refractivity (Wildman–Crippen MR) is 61.9 cm³/mol. The van der Waals surface area contributed by atoms with Gasteiger partial charge in [-0.2, -0.15) is 5.10 Å². The quantitative estimate of drug-likeness (QED) is 0.846. The van der Waals surface area contributed by atoms with Gasteiger partial charge in [-0.15, -0.1) is 0 Å². The van der Waals surface area contributed by atoms with Crippen molar-refractivity contribution in [2.24, 2.45) is 0 Å². The summed E-state index contributed by atoms with van der Waals surface area (Å²) in [7, 11) is 1.99. The Morgan fingerprint density at radius 3 is 2.71 bits per heavy atom. The first kappa shape index (κ1) is 10.8. The van der Waals surface area contributed by atoms with Gasteiger partial charge in [-0.3, -0.25) is 9.58 Å².